The van der Waals surface area contributed by atoms with Crippen molar-refractivity contribution in [2.24, 2.45) is 0 Å². The van der Waals surface area contributed by atoms with Gasteiger partial charge in [0.05, 0.1) is 0 Å². The van der Waals surface area contributed by atoms with Crippen LogP contribution in [0.15, 0.2) is 54.9 Å². The van der Waals surface area contributed by atoms with Crippen molar-refractivity contribution in [2.45, 2.75) is 34.1 Å². The average molecular weight is 309 g/mol. The Morgan fingerprint density at radius 1 is 0.765 bits per heavy atom. The molecular formula is C15H26NY-. The topological polar surface area (TPSA) is 12.9 Å². The van der Waals surface area contributed by atoms with Gasteiger partial charge < -0.3 is 7.43 Å². The zero-order chi connectivity index (χ0) is 11.8. The molecule has 1 heterocycles. The minimum Gasteiger partial charge on any atom is -0.358 e. The zero-order valence-electron chi connectivity index (χ0n) is 11.9. The first-order valence-electron chi connectivity index (χ1n) is 5.67. The van der Waals surface area contributed by atoms with Gasteiger partial charge in [0.15, 0.2) is 0 Å². The second kappa shape index (κ2) is 29.6. The quantitative estimate of drug-likeness (QED) is 0.609. The summed E-state index contributed by atoms with van der Waals surface area (Å²) < 4.78 is 0. The number of hydrogen-bond donors (Lipinski definition) is 0. The van der Waals surface area contributed by atoms with Crippen molar-refractivity contribution >= 4 is 0 Å². The molecule has 0 aromatic carbocycles. The van der Waals surface area contributed by atoms with E-state index in [9.17, 15) is 0 Å². The molecule has 1 aromatic rings. The molecule has 95 valence electrons. The maximum absolute atomic E-state index is 3.78. The largest absolute Gasteiger partial charge is 0.358 e. The van der Waals surface area contributed by atoms with Gasteiger partial charge in [-0.25, -0.2) is 0 Å². The van der Waals surface area contributed by atoms with Crippen LogP contribution in [0.2, 0.25) is 0 Å². The van der Waals surface area contributed by atoms with E-state index in [0.717, 1.165) is 6.42 Å². The van der Waals surface area contributed by atoms with Gasteiger partial charge in [-0.15, -0.1) is 0 Å². The van der Waals surface area contributed by atoms with Crippen LogP contribution in [0.5, 0.6) is 0 Å². The van der Waals surface area contributed by atoms with E-state index in [2.05, 4.69) is 29.3 Å². The van der Waals surface area contributed by atoms with Gasteiger partial charge in [-0.3, -0.25) is 4.98 Å². The summed E-state index contributed by atoms with van der Waals surface area (Å²) in [5.41, 5.74) is 0. The zero-order valence-corrected chi connectivity index (χ0v) is 14.8. The normalized spacial score (nSPS) is 8.71. The molecule has 17 heavy (non-hydrogen) atoms. The van der Waals surface area contributed by atoms with E-state index >= 15 is 0 Å². The fourth-order valence-corrected chi connectivity index (χ4v) is 0.705. The van der Waals surface area contributed by atoms with E-state index in [1.165, 1.54) is 0 Å². The van der Waals surface area contributed by atoms with Crippen molar-refractivity contribution in [3.05, 3.63) is 62.3 Å². The number of allylic oxidation sites excluding steroid dienone is 4. The van der Waals surface area contributed by atoms with Crippen LogP contribution in [0.4, 0.5) is 0 Å². The molecule has 2 rings (SSSR count). The van der Waals surface area contributed by atoms with Crippen LogP contribution in [0.25, 0.3) is 0 Å². The molecule has 0 saturated carbocycles. The van der Waals surface area contributed by atoms with Crippen molar-refractivity contribution in [3.8, 4) is 0 Å². The monoisotopic (exact) mass is 309 g/mol. The molecule has 0 fully saturated rings. The summed E-state index contributed by atoms with van der Waals surface area (Å²) >= 11 is 0. The summed E-state index contributed by atoms with van der Waals surface area (Å²) in [6, 6.07) is 5.72. The third kappa shape index (κ3) is 25.8. The minimum atomic E-state index is 0. The molecule has 1 aromatic heterocycles. The van der Waals surface area contributed by atoms with E-state index < -0.39 is 0 Å². The molecule has 0 amide bonds. The van der Waals surface area contributed by atoms with Crippen LogP contribution in [0.3, 0.4) is 0 Å². The maximum Gasteiger partial charge on any atom is 0.0267 e. The SMILES string of the molecule is C1=CCC=C1.CC.CC.[CH3-].[Y].c1ccncc1. The van der Waals surface area contributed by atoms with Gasteiger partial charge in [-0.1, -0.05) is 58.1 Å². The maximum atomic E-state index is 3.78. The summed E-state index contributed by atoms with van der Waals surface area (Å²) in [5.74, 6) is 0. The Morgan fingerprint density at radius 3 is 1.29 bits per heavy atom. The molecule has 1 aliphatic rings. The molecule has 1 nitrogen and oxygen atoms in total. The molecule has 0 unspecified atom stereocenters. The van der Waals surface area contributed by atoms with Gasteiger partial charge in [0.1, 0.15) is 0 Å². The first-order valence-corrected chi connectivity index (χ1v) is 5.67. The van der Waals surface area contributed by atoms with Crippen molar-refractivity contribution < 1.29 is 32.7 Å². The van der Waals surface area contributed by atoms with Crippen LogP contribution in [-0.2, 0) is 32.7 Å². The first-order chi connectivity index (χ1) is 7.50. The summed E-state index contributed by atoms with van der Waals surface area (Å²) in [4.78, 5) is 3.78. The fraction of sp³-hybridized carbons (Fsp3) is 0.333. The molecule has 0 bridgehead atoms. The van der Waals surface area contributed by atoms with E-state index in [1.54, 1.807) is 12.4 Å². The van der Waals surface area contributed by atoms with Gasteiger partial charge in [0.25, 0.3) is 0 Å². The van der Waals surface area contributed by atoms with E-state index in [4.69, 9.17) is 0 Å². The molecule has 1 radical (unpaired) electrons. The number of nitrogens with zero attached hydrogens (tertiary/aromatic N) is 1. The first kappa shape index (κ1) is 25.5. The predicted molar refractivity (Wildman–Crippen MR) is 76.2 cm³/mol. The predicted octanol–water partition coefficient (Wildman–Crippen LogP) is 5.08. The third-order valence-corrected chi connectivity index (χ3v) is 1.22. The number of hydrogen-bond acceptors (Lipinski definition) is 1. The smallest absolute Gasteiger partial charge is 0.0267 e. The molecule has 0 spiro atoms. The molecule has 0 atom stereocenters. The van der Waals surface area contributed by atoms with Gasteiger partial charge in [-0.2, -0.15) is 0 Å². The summed E-state index contributed by atoms with van der Waals surface area (Å²) in [6.45, 7) is 8.00. The van der Waals surface area contributed by atoms with Crippen LogP contribution >= 0.6 is 0 Å². The van der Waals surface area contributed by atoms with E-state index in [1.807, 2.05) is 45.9 Å². The van der Waals surface area contributed by atoms with Crippen molar-refractivity contribution in [3.63, 3.8) is 0 Å². The summed E-state index contributed by atoms with van der Waals surface area (Å²) in [6.07, 6.45) is 13.0. The van der Waals surface area contributed by atoms with Crippen molar-refractivity contribution in [1.82, 2.24) is 4.98 Å². The molecule has 0 N–H and O–H groups in total. The van der Waals surface area contributed by atoms with Crippen LogP contribution in [0.1, 0.15) is 34.1 Å². The van der Waals surface area contributed by atoms with Gasteiger partial charge >= 0.3 is 0 Å². The second-order valence-electron chi connectivity index (χ2n) is 2.12. The number of pyridine rings is 1. The van der Waals surface area contributed by atoms with E-state index in [0.29, 0.717) is 0 Å². The van der Waals surface area contributed by atoms with Crippen molar-refractivity contribution in [2.75, 3.05) is 0 Å². The Kier molecular flexibility index (Phi) is 44.6. The van der Waals surface area contributed by atoms with Crippen LogP contribution in [0, 0.1) is 7.43 Å². The fourth-order valence-electron chi connectivity index (χ4n) is 0.705. The summed E-state index contributed by atoms with van der Waals surface area (Å²) in [5, 5.41) is 0. The average Bonchev–Trinajstić information content (AvgIpc) is 2.95. The molecule has 0 saturated heterocycles. The van der Waals surface area contributed by atoms with Crippen molar-refractivity contribution in [1.29, 1.82) is 0 Å². The second-order valence-corrected chi connectivity index (χ2v) is 2.12. The van der Waals surface area contributed by atoms with Crippen LogP contribution < -0.4 is 0 Å². The molecule has 2 heteroatoms. The Bertz CT molecular complexity index is 193. The number of rotatable bonds is 0. The molecule has 1 aliphatic carbocycles. The molecular weight excluding hydrogens is 283 g/mol. The number of aromatic nitrogens is 1. The Morgan fingerprint density at radius 2 is 1.18 bits per heavy atom. The third-order valence-electron chi connectivity index (χ3n) is 1.22. The van der Waals surface area contributed by atoms with Crippen LogP contribution in [-0.4, -0.2) is 4.98 Å². The van der Waals surface area contributed by atoms with Gasteiger partial charge in [0.2, 0.25) is 0 Å². The van der Waals surface area contributed by atoms with E-state index in [-0.39, 0.29) is 40.1 Å². The molecule has 0 aliphatic heterocycles. The standard InChI is InChI=1S/C5H5N.C5H6.2C2H6.CH3.Y/c1-2-4-6-5-3-1;1-2-4-5-3-1;2*1-2;;/h1-5H;1-4H,5H2;2*1-2H3;1H3;/q;;;;-1;. The Balaban J connectivity index is -0.0000000712. The van der Waals surface area contributed by atoms with Gasteiger partial charge in [0, 0.05) is 45.1 Å². The Hall–Kier alpha value is -0.266. The summed E-state index contributed by atoms with van der Waals surface area (Å²) in [7, 11) is 0. The Labute approximate surface area is 133 Å². The van der Waals surface area contributed by atoms with Gasteiger partial charge in [-0.05, 0) is 18.6 Å². The minimum absolute atomic E-state index is 0.